The molecule has 4 heteroatoms. The Kier molecular flexibility index (Phi) is 2.51. The van der Waals surface area contributed by atoms with Crippen molar-refractivity contribution in [1.82, 2.24) is 0 Å². The maximum Gasteiger partial charge on any atom is 0.158 e. The largest absolute Gasteiger partial charge is 0.200 e. The number of hydrogen-bond donors (Lipinski definition) is 0. The zero-order valence-electron chi connectivity index (χ0n) is 4.17. The van der Waals surface area contributed by atoms with Crippen molar-refractivity contribution in [1.29, 1.82) is 0 Å². The molecule has 0 amide bonds. The molecule has 0 aromatic heterocycles. The first-order valence-corrected chi connectivity index (χ1v) is 5.05. The van der Waals surface area contributed by atoms with Gasteiger partial charge in [-0.2, -0.15) is 0 Å². The molecule has 0 spiro atoms. The molecule has 0 atom stereocenters. The lowest BCUT2D eigenvalue weighted by Gasteiger charge is -1.95. The lowest BCUT2D eigenvalue weighted by Crippen LogP contribution is -1.81. The Balaban J connectivity index is 2.98. The van der Waals surface area contributed by atoms with Crippen molar-refractivity contribution < 1.29 is 8.78 Å². The van der Waals surface area contributed by atoms with Gasteiger partial charge < -0.3 is 0 Å². The van der Waals surface area contributed by atoms with Crippen LogP contribution in [-0.2, 0) is 0 Å². The minimum atomic E-state index is -1.10. The predicted molar refractivity (Wildman–Crippen MR) is 46.3 cm³/mol. The first-order chi connectivity index (χ1) is 4.18. The highest BCUT2D eigenvalue weighted by molar-refractivity contribution is 14.2. The zero-order chi connectivity index (χ0) is 6.85. The monoisotopic (exact) mass is 306 g/mol. The summed E-state index contributed by atoms with van der Waals surface area (Å²) in [5, 5.41) is 0. The Morgan fingerprint density at radius 1 is 1.33 bits per heavy atom. The van der Waals surface area contributed by atoms with Crippen LogP contribution in [0.5, 0.6) is 0 Å². The normalized spacial score (nSPS) is 19.2. The van der Waals surface area contributed by atoms with Crippen LogP contribution in [0.4, 0.5) is 8.78 Å². The van der Waals surface area contributed by atoms with Gasteiger partial charge in [0.25, 0.3) is 0 Å². The predicted octanol–water partition coefficient (Wildman–Crippen LogP) is 3.16. The summed E-state index contributed by atoms with van der Waals surface area (Å²) in [7, 11) is 0. The van der Waals surface area contributed by atoms with Gasteiger partial charge in [-0.15, -0.1) is 0 Å². The molecule has 1 rings (SSSR count). The lowest BCUT2D eigenvalue weighted by atomic mass is 10.5. The Morgan fingerprint density at radius 3 is 2.44 bits per heavy atom. The Labute approximate surface area is 69.5 Å². The van der Waals surface area contributed by atoms with E-state index in [1.807, 2.05) is 0 Å². The fourth-order valence-corrected chi connectivity index (χ4v) is 3.12. The number of rotatable bonds is 0. The van der Waals surface area contributed by atoms with Crippen molar-refractivity contribution in [3.8, 4) is 0 Å². The number of halogens is 4. The van der Waals surface area contributed by atoms with E-state index in [2.05, 4.69) is 15.9 Å². The third-order valence-electron chi connectivity index (χ3n) is 0.675. The molecule has 1 heterocycles. The molecule has 0 N–H and O–H groups in total. The Bertz CT molecular complexity index is 171. The SMILES string of the molecule is FC1=CC(Br)=CC(F)=I1. The van der Waals surface area contributed by atoms with Crippen molar-refractivity contribution >= 4 is 40.4 Å². The highest BCUT2D eigenvalue weighted by Crippen LogP contribution is 2.27. The standard InChI is InChI=1S/C5H2BrF2I/c6-3-1-4(7)9-5(8)2-3/h1-2H. The van der Waals surface area contributed by atoms with Crippen LogP contribution in [0.25, 0.3) is 0 Å². The molecule has 1 aliphatic rings. The van der Waals surface area contributed by atoms with E-state index in [1.165, 1.54) is 12.2 Å². The molecule has 0 fully saturated rings. The second kappa shape index (κ2) is 3.01. The van der Waals surface area contributed by atoms with Crippen LogP contribution >= 0.6 is 36.7 Å². The number of hydrogen-bond acceptors (Lipinski definition) is 0. The molecule has 0 saturated heterocycles. The Hall–Kier alpha value is 0.420. The van der Waals surface area contributed by atoms with Gasteiger partial charge in [0.1, 0.15) is 0 Å². The molecule has 50 valence electrons. The van der Waals surface area contributed by atoms with Crippen molar-refractivity contribution in [2.24, 2.45) is 0 Å². The summed E-state index contributed by atoms with van der Waals surface area (Å²) in [6.45, 7) is 0. The minimum Gasteiger partial charge on any atom is -0.200 e. The average Bonchev–Trinajstić information content (AvgIpc) is 1.59. The second-order valence-corrected chi connectivity index (χ2v) is 4.86. The average molecular weight is 307 g/mol. The topological polar surface area (TPSA) is 0 Å². The summed E-state index contributed by atoms with van der Waals surface area (Å²) in [5.41, 5.74) is 0. The summed E-state index contributed by atoms with van der Waals surface area (Å²) in [6.07, 6.45) is 2.60. The summed E-state index contributed by atoms with van der Waals surface area (Å²) in [4.78, 5) is 0. The van der Waals surface area contributed by atoms with Crippen LogP contribution in [0.15, 0.2) is 20.5 Å². The molecule has 1 aliphatic heterocycles. The molecule has 0 saturated carbocycles. The fraction of sp³-hybridized carbons (Fsp3) is 0. The van der Waals surface area contributed by atoms with E-state index in [4.69, 9.17) is 0 Å². The summed E-state index contributed by atoms with van der Waals surface area (Å²) < 4.78 is 24.3. The van der Waals surface area contributed by atoms with Crippen LogP contribution < -0.4 is 0 Å². The Morgan fingerprint density at radius 2 is 2.00 bits per heavy atom. The van der Waals surface area contributed by atoms with E-state index in [1.54, 1.807) is 0 Å². The molecule has 0 radical (unpaired) electrons. The molecule has 9 heavy (non-hydrogen) atoms. The molecular weight excluding hydrogens is 305 g/mol. The highest BCUT2D eigenvalue weighted by Gasteiger charge is 2.02. The van der Waals surface area contributed by atoms with E-state index in [9.17, 15) is 8.78 Å². The van der Waals surface area contributed by atoms with Crippen LogP contribution in [-0.4, -0.2) is 3.76 Å². The first kappa shape index (κ1) is 7.53. The van der Waals surface area contributed by atoms with Crippen LogP contribution in [0.1, 0.15) is 0 Å². The van der Waals surface area contributed by atoms with Gasteiger partial charge in [0.2, 0.25) is 0 Å². The van der Waals surface area contributed by atoms with Crippen molar-refractivity contribution in [3.63, 3.8) is 0 Å². The second-order valence-electron chi connectivity index (χ2n) is 1.35. The van der Waals surface area contributed by atoms with Crippen LogP contribution in [0.2, 0.25) is 0 Å². The van der Waals surface area contributed by atoms with Gasteiger partial charge in [-0.25, -0.2) is 8.78 Å². The van der Waals surface area contributed by atoms with E-state index in [-0.39, 0.29) is 7.60 Å². The first-order valence-electron chi connectivity index (χ1n) is 2.10. The van der Waals surface area contributed by atoms with Gasteiger partial charge in [0, 0.05) is 4.48 Å². The van der Waals surface area contributed by atoms with Crippen LogP contribution in [0.3, 0.4) is 0 Å². The van der Waals surface area contributed by atoms with E-state index in [0.717, 1.165) is 0 Å². The van der Waals surface area contributed by atoms with Crippen molar-refractivity contribution in [2.75, 3.05) is 0 Å². The fourth-order valence-electron chi connectivity index (χ4n) is 0.391. The smallest absolute Gasteiger partial charge is 0.158 e. The lowest BCUT2D eigenvalue weighted by molar-refractivity contribution is 0.711. The summed E-state index contributed by atoms with van der Waals surface area (Å²) >= 11 is 1.87. The summed E-state index contributed by atoms with van der Waals surface area (Å²) in [5.74, 6) is 0. The molecule has 0 nitrogen and oxygen atoms in total. The maximum absolute atomic E-state index is 12.3. The van der Waals surface area contributed by atoms with E-state index in [0.29, 0.717) is 4.48 Å². The van der Waals surface area contributed by atoms with Gasteiger partial charge in [-0.1, -0.05) is 15.9 Å². The maximum atomic E-state index is 12.3. The quantitative estimate of drug-likeness (QED) is 0.603. The summed E-state index contributed by atoms with van der Waals surface area (Å²) in [6, 6.07) is 0. The van der Waals surface area contributed by atoms with Gasteiger partial charge in [-0.05, 0) is 32.9 Å². The minimum absolute atomic E-state index is 0.333. The van der Waals surface area contributed by atoms with Crippen molar-refractivity contribution in [2.45, 2.75) is 0 Å². The molecule has 0 unspecified atom stereocenters. The van der Waals surface area contributed by atoms with Gasteiger partial charge in [-0.3, -0.25) is 0 Å². The van der Waals surface area contributed by atoms with Gasteiger partial charge >= 0.3 is 0 Å². The molecule has 0 aliphatic carbocycles. The van der Waals surface area contributed by atoms with E-state index < -0.39 is 20.7 Å². The number of allylic oxidation sites excluding steroid dienone is 3. The van der Waals surface area contributed by atoms with E-state index >= 15 is 0 Å². The molecule has 0 aromatic rings. The van der Waals surface area contributed by atoms with Crippen molar-refractivity contribution in [3.05, 3.63) is 20.5 Å². The van der Waals surface area contributed by atoms with Crippen LogP contribution in [0, 0.1) is 0 Å². The highest BCUT2D eigenvalue weighted by atomic mass is 127. The molecular formula is C5H2BrF2I. The zero-order valence-corrected chi connectivity index (χ0v) is 7.91. The molecule has 0 aromatic carbocycles. The molecule has 0 bridgehead atoms. The van der Waals surface area contributed by atoms with Gasteiger partial charge in [0.15, 0.2) is 7.60 Å². The van der Waals surface area contributed by atoms with Gasteiger partial charge in [0.05, 0.1) is 0 Å². The third-order valence-corrected chi connectivity index (χ3v) is 2.79. The third kappa shape index (κ3) is 2.25.